The predicted octanol–water partition coefficient (Wildman–Crippen LogP) is 2.28. The van der Waals surface area contributed by atoms with E-state index in [0.29, 0.717) is 0 Å². The Labute approximate surface area is 136 Å². The minimum absolute atomic E-state index is 0.244. The van der Waals surface area contributed by atoms with Crippen LogP contribution in [0.4, 0.5) is 0 Å². The molecule has 0 radical (unpaired) electrons. The summed E-state index contributed by atoms with van der Waals surface area (Å²) >= 11 is 0. The maximum atomic E-state index is 6.06. The van der Waals surface area contributed by atoms with Crippen molar-refractivity contribution in [3.8, 4) is 11.6 Å². The lowest BCUT2D eigenvalue weighted by atomic mass is 9.83. The van der Waals surface area contributed by atoms with Crippen LogP contribution < -0.4 is 4.74 Å². The van der Waals surface area contributed by atoms with Gasteiger partial charge in [-0.2, -0.15) is 5.10 Å². The highest BCUT2D eigenvalue weighted by Gasteiger charge is 2.47. The molecule has 2 aromatic heterocycles. The van der Waals surface area contributed by atoms with E-state index in [9.17, 15) is 0 Å². The molecule has 2 aliphatic heterocycles. The molecule has 1 atom stereocenters. The molecule has 0 saturated carbocycles. The fourth-order valence-electron chi connectivity index (χ4n) is 3.58. The number of rotatable bonds is 4. The minimum atomic E-state index is 0.244. The quantitative estimate of drug-likeness (QED) is 0.866. The maximum Gasteiger partial charge on any atom is 0.222 e. The molecule has 2 fully saturated rings. The lowest BCUT2D eigenvalue weighted by molar-refractivity contribution is -0.0279. The van der Waals surface area contributed by atoms with Crippen LogP contribution in [0.15, 0.2) is 24.5 Å². The molecule has 2 aliphatic rings. The van der Waals surface area contributed by atoms with E-state index in [0.717, 1.165) is 55.6 Å². The Morgan fingerprint density at radius 1 is 1.39 bits per heavy atom. The number of ether oxygens (including phenoxy) is 2. The van der Waals surface area contributed by atoms with Crippen molar-refractivity contribution in [2.24, 2.45) is 7.05 Å². The lowest BCUT2D eigenvalue weighted by Crippen LogP contribution is -2.59. The molecular weight excluding hydrogens is 292 g/mol. The summed E-state index contributed by atoms with van der Waals surface area (Å²) < 4.78 is 13.5. The summed E-state index contributed by atoms with van der Waals surface area (Å²) in [7, 11) is 1.92. The van der Waals surface area contributed by atoms with Crippen LogP contribution in [0.5, 0.6) is 11.6 Å². The van der Waals surface area contributed by atoms with Gasteiger partial charge in [0.15, 0.2) is 0 Å². The zero-order chi connectivity index (χ0) is 15.9. The third kappa shape index (κ3) is 2.52. The van der Waals surface area contributed by atoms with E-state index in [2.05, 4.69) is 15.0 Å². The molecule has 0 amide bonds. The normalized spacial score (nSPS) is 24.1. The average molecular weight is 314 g/mol. The first-order valence-corrected chi connectivity index (χ1v) is 8.11. The summed E-state index contributed by atoms with van der Waals surface area (Å²) in [5.41, 5.74) is 2.42. The highest BCUT2D eigenvalue weighted by Crippen LogP contribution is 2.40. The average Bonchev–Trinajstić information content (AvgIpc) is 3.14. The van der Waals surface area contributed by atoms with Gasteiger partial charge in [0.05, 0.1) is 24.1 Å². The first-order valence-electron chi connectivity index (χ1n) is 8.11. The molecule has 4 rings (SSSR count). The molecule has 2 aromatic rings. The predicted molar refractivity (Wildman–Crippen MR) is 85.5 cm³/mol. The fraction of sp³-hybridized carbons (Fsp3) is 0.529. The van der Waals surface area contributed by atoms with Crippen LogP contribution in [0.3, 0.4) is 0 Å². The van der Waals surface area contributed by atoms with Crippen LogP contribution in [0.2, 0.25) is 0 Å². The lowest BCUT2D eigenvalue weighted by Gasteiger charge is -2.49. The van der Waals surface area contributed by atoms with Gasteiger partial charge in [0.25, 0.3) is 0 Å². The number of nitrogens with zero attached hydrogens (tertiary/aromatic N) is 4. The first-order chi connectivity index (χ1) is 11.2. The van der Waals surface area contributed by atoms with Gasteiger partial charge in [-0.25, -0.2) is 4.68 Å². The van der Waals surface area contributed by atoms with Crippen molar-refractivity contribution in [2.75, 3.05) is 19.8 Å². The molecule has 122 valence electrons. The van der Waals surface area contributed by atoms with Gasteiger partial charge in [0.2, 0.25) is 5.88 Å². The van der Waals surface area contributed by atoms with Crippen molar-refractivity contribution in [2.45, 2.75) is 31.8 Å². The molecule has 2 saturated heterocycles. The van der Waals surface area contributed by atoms with E-state index < -0.39 is 0 Å². The number of likely N-dealkylation sites (tertiary alicyclic amines) is 1. The zero-order valence-corrected chi connectivity index (χ0v) is 13.7. The monoisotopic (exact) mass is 314 g/mol. The second kappa shape index (κ2) is 5.62. The van der Waals surface area contributed by atoms with Gasteiger partial charge < -0.3 is 9.47 Å². The smallest absolute Gasteiger partial charge is 0.222 e. The van der Waals surface area contributed by atoms with Crippen LogP contribution >= 0.6 is 0 Å². The summed E-state index contributed by atoms with van der Waals surface area (Å²) in [4.78, 5) is 6.63. The van der Waals surface area contributed by atoms with Gasteiger partial charge >= 0.3 is 0 Å². The maximum absolute atomic E-state index is 6.06. The van der Waals surface area contributed by atoms with Gasteiger partial charge in [-0.3, -0.25) is 9.88 Å². The van der Waals surface area contributed by atoms with Gasteiger partial charge in [-0.05, 0) is 31.9 Å². The van der Waals surface area contributed by atoms with E-state index in [1.54, 1.807) is 12.4 Å². The Balaban J connectivity index is 1.58. The van der Waals surface area contributed by atoms with Crippen LogP contribution in [-0.2, 0) is 18.3 Å². The zero-order valence-electron chi connectivity index (χ0n) is 13.7. The van der Waals surface area contributed by atoms with E-state index in [4.69, 9.17) is 9.47 Å². The summed E-state index contributed by atoms with van der Waals surface area (Å²) in [6.07, 6.45) is 5.82. The van der Waals surface area contributed by atoms with Crippen LogP contribution in [0.25, 0.3) is 0 Å². The van der Waals surface area contributed by atoms with E-state index in [1.807, 2.05) is 30.8 Å². The number of hydrogen-bond acceptors (Lipinski definition) is 5. The van der Waals surface area contributed by atoms with Crippen molar-refractivity contribution >= 4 is 0 Å². The van der Waals surface area contributed by atoms with Gasteiger partial charge in [0, 0.05) is 38.5 Å². The Hall–Kier alpha value is -1.92. The number of aromatic nitrogens is 3. The molecule has 23 heavy (non-hydrogen) atoms. The Kier molecular flexibility index (Phi) is 3.58. The van der Waals surface area contributed by atoms with Crippen molar-refractivity contribution < 1.29 is 9.47 Å². The number of aryl methyl sites for hydroxylation is 2. The summed E-state index contributed by atoms with van der Waals surface area (Å²) in [5, 5.41) is 4.55. The number of pyridine rings is 1. The summed E-state index contributed by atoms with van der Waals surface area (Å²) in [6, 6.07) is 3.79. The SMILES string of the molecule is Cc1nn(C)c(Oc2cccnc2)c1CN1CCC12CCOC2. The van der Waals surface area contributed by atoms with Crippen molar-refractivity contribution in [3.63, 3.8) is 0 Å². The largest absolute Gasteiger partial charge is 0.437 e. The Morgan fingerprint density at radius 3 is 2.96 bits per heavy atom. The fourth-order valence-corrected chi connectivity index (χ4v) is 3.58. The van der Waals surface area contributed by atoms with Crippen LogP contribution in [-0.4, -0.2) is 45.0 Å². The second-order valence-electron chi connectivity index (χ2n) is 6.48. The van der Waals surface area contributed by atoms with Gasteiger partial charge in [0.1, 0.15) is 5.75 Å². The third-order valence-electron chi connectivity index (χ3n) is 5.09. The molecule has 1 unspecified atom stereocenters. The van der Waals surface area contributed by atoms with Gasteiger partial charge in [-0.1, -0.05) is 0 Å². The Bertz CT molecular complexity index is 692. The first kappa shape index (κ1) is 14.7. The molecular formula is C17H22N4O2. The molecule has 6 heteroatoms. The molecule has 1 spiro atoms. The van der Waals surface area contributed by atoms with Gasteiger partial charge in [-0.15, -0.1) is 0 Å². The third-order valence-corrected chi connectivity index (χ3v) is 5.09. The molecule has 4 heterocycles. The highest BCUT2D eigenvalue weighted by molar-refractivity contribution is 5.35. The number of hydrogen-bond donors (Lipinski definition) is 0. The van der Waals surface area contributed by atoms with E-state index in [-0.39, 0.29) is 5.54 Å². The van der Waals surface area contributed by atoms with Crippen LogP contribution in [0.1, 0.15) is 24.1 Å². The second-order valence-corrected chi connectivity index (χ2v) is 6.48. The topological polar surface area (TPSA) is 52.4 Å². The van der Waals surface area contributed by atoms with Crippen LogP contribution in [0, 0.1) is 6.92 Å². The molecule has 0 aromatic carbocycles. The van der Waals surface area contributed by atoms with E-state index in [1.165, 1.54) is 6.42 Å². The highest BCUT2D eigenvalue weighted by atomic mass is 16.5. The summed E-state index contributed by atoms with van der Waals surface area (Å²) in [6.45, 7) is 5.75. The molecule has 0 N–H and O–H groups in total. The van der Waals surface area contributed by atoms with Crippen molar-refractivity contribution in [1.82, 2.24) is 19.7 Å². The standard InChI is InChI=1S/C17H22N4O2/c1-13-15(11-21-8-5-17(21)6-9-22-12-17)16(20(2)19-13)23-14-4-3-7-18-10-14/h3-4,7,10H,5-6,8-9,11-12H2,1-2H3. The molecule has 0 bridgehead atoms. The summed E-state index contributed by atoms with van der Waals surface area (Å²) in [5.74, 6) is 1.54. The Morgan fingerprint density at radius 2 is 2.30 bits per heavy atom. The molecule has 6 nitrogen and oxygen atoms in total. The van der Waals surface area contributed by atoms with Crippen molar-refractivity contribution in [1.29, 1.82) is 0 Å². The van der Waals surface area contributed by atoms with E-state index >= 15 is 0 Å². The minimum Gasteiger partial charge on any atom is -0.437 e. The molecule has 0 aliphatic carbocycles. The van der Waals surface area contributed by atoms with Crippen molar-refractivity contribution in [3.05, 3.63) is 35.8 Å².